The zero-order chi connectivity index (χ0) is 13.0. The minimum absolute atomic E-state index is 0.548. The van der Waals surface area contributed by atoms with Gasteiger partial charge in [-0.05, 0) is 44.6 Å². The van der Waals surface area contributed by atoms with Gasteiger partial charge >= 0.3 is 0 Å². The molecule has 4 heteroatoms. The van der Waals surface area contributed by atoms with Crippen LogP contribution in [-0.4, -0.2) is 27.4 Å². The van der Waals surface area contributed by atoms with E-state index in [1.54, 1.807) is 6.33 Å². The van der Waals surface area contributed by atoms with Gasteiger partial charge in [0.2, 0.25) is 0 Å². The molecule has 1 aromatic heterocycles. The SMILES string of the molecule is CCCNC(Cc1ncnn1CC)C(C)C1CC1. The molecule has 2 unspecified atom stereocenters. The van der Waals surface area contributed by atoms with Crippen LogP contribution in [-0.2, 0) is 13.0 Å². The second-order valence-electron chi connectivity index (χ2n) is 5.45. The summed E-state index contributed by atoms with van der Waals surface area (Å²) >= 11 is 0. The van der Waals surface area contributed by atoms with Gasteiger partial charge in [-0.15, -0.1) is 0 Å². The van der Waals surface area contributed by atoms with Gasteiger partial charge in [-0.1, -0.05) is 13.8 Å². The molecule has 4 nitrogen and oxygen atoms in total. The molecule has 2 atom stereocenters. The van der Waals surface area contributed by atoms with Crippen molar-refractivity contribution in [2.45, 2.75) is 59.0 Å². The Bertz CT molecular complexity index is 356. The van der Waals surface area contributed by atoms with Crippen molar-refractivity contribution in [1.29, 1.82) is 0 Å². The maximum absolute atomic E-state index is 4.41. The van der Waals surface area contributed by atoms with Crippen molar-refractivity contribution in [2.75, 3.05) is 6.54 Å². The molecular weight excluding hydrogens is 224 g/mol. The van der Waals surface area contributed by atoms with Crippen LogP contribution in [0.4, 0.5) is 0 Å². The molecule has 0 bridgehead atoms. The Hall–Kier alpha value is -0.900. The third kappa shape index (κ3) is 3.31. The topological polar surface area (TPSA) is 42.7 Å². The monoisotopic (exact) mass is 250 g/mol. The number of aryl methyl sites for hydroxylation is 1. The standard InChI is InChI=1S/C14H26N4/c1-4-8-15-13(11(3)12-6-7-12)9-14-16-10-17-18(14)5-2/h10-13,15H,4-9H2,1-3H3. The van der Waals surface area contributed by atoms with Crippen LogP contribution in [0.15, 0.2) is 6.33 Å². The third-order valence-corrected chi connectivity index (χ3v) is 4.05. The van der Waals surface area contributed by atoms with Crippen LogP contribution in [0.2, 0.25) is 0 Å². The van der Waals surface area contributed by atoms with Gasteiger partial charge in [0.25, 0.3) is 0 Å². The average Bonchev–Trinajstić information content (AvgIpc) is 3.14. The minimum atomic E-state index is 0.548. The van der Waals surface area contributed by atoms with Crippen LogP contribution in [0, 0.1) is 11.8 Å². The van der Waals surface area contributed by atoms with E-state index in [1.807, 2.05) is 4.68 Å². The highest BCUT2D eigenvalue weighted by molar-refractivity contribution is 4.95. The first-order valence-corrected chi connectivity index (χ1v) is 7.36. The van der Waals surface area contributed by atoms with Gasteiger partial charge < -0.3 is 5.32 Å². The fourth-order valence-corrected chi connectivity index (χ4v) is 2.63. The van der Waals surface area contributed by atoms with Crippen LogP contribution < -0.4 is 5.32 Å². The van der Waals surface area contributed by atoms with Crippen molar-refractivity contribution in [2.24, 2.45) is 11.8 Å². The van der Waals surface area contributed by atoms with E-state index >= 15 is 0 Å². The van der Waals surface area contributed by atoms with Crippen LogP contribution >= 0.6 is 0 Å². The molecule has 2 rings (SSSR count). The van der Waals surface area contributed by atoms with Crippen molar-refractivity contribution in [3.8, 4) is 0 Å². The van der Waals surface area contributed by atoms with Crippen LogP contribution in [0.3, 0.4) is 0 Å². The van der Waals surface area contributed by atoms with Gasteiger partial charge in [0, 0.05) is 19.0 Å². The lowest BCUT2D eigenvalue weighted by atomic mass is 9.93. The predicted molar refractivity (Wildman–Crippen MR) is 73.4 cm³/mol. The van der Waals surface area contributed by atoms with E-state index in [2.05, 4.69) is 36.2 Å². The molecule has 0 spiro atoms. The summed E-state index contributed by atoms with van der Waals surface area (Å²) in [5.74, 6) is 2.80. The number of hydrogen-bond donors (Lipinski definition) is 1. The largest absolute Gasteiger partial charge is 0.313 e. The number of aromatic nitrogens is 3. The molecule has 1 aromatic rings. The Morgan fingerprint density at radius 3 is 2.83 bits per heavy atom. The molecule has 1 aliphatic carbocycles. The molecular formula is C14H26N4. The summed E-state index contributed by atoms with van der Waals surface area (Å²) in [6, 6.07) is 0.548. The van der Waals surface area contributed by atoms with E-state index in [4.69, 9.17) is 0 Å². The summed E-state index contributed by atoms with van der Waals surface area (Å²) in [7, 11) is 0. The third-order valence-electron chi connectivity index (χ3n) is 4.05. The highest BCUT2D eigenvalue weighted by Crippen LogP contribution is 2.38. The first kappa shape index (κ1) is 13.5. The minimum Gasteiger partial charge on any atom is -0.313 e. The molecule has 0 saturated heterocycles. The fraction of sp³-hybridized carbons (Fsp3) is 0.857. The van der Waals surface area contributed by atoms with Gasteiger partial charge in [0.1, 0.15) is 12.2 Å². The molecule has 1 saturated carbocycles. The Labute approximate surface area is 110 Å². The molecule has 1 N–H and O–H groups in total. The molecule has 0 radical (unpaired) electrons. The number of hydrogen-bond acceptors (Lipinski definition) is 3. The van der Waals surface area contributed by atoms with Crippen molar-refractivity contribution in [3.05, 3.63) is 12.2 Å². The van der Waals surface area contributed by atoms with Crippen LogP contribution in [0.25, 0.3) is 0 Å². The molecule has 0 aliphatic heterocycles. The van der Waals surface area contributed by atoms with Crippen molar-refractivity contribution in [3.63, 3.8) is 0 Å². The van der Waals surface area contributed by atoms with Gasteiger partial charge in [0.15, 0.2) is 0 Å². The summed E-state index contributed by atoms with van der Waals surface area (Å²) in [6.45, 7) is 8.74. The Morgan fingerprint density at radius 2 is 2.22 bits per heavy atom. The quantitative estimate of drug-likeness (QED) is 0.769. The number of rotatable bonds is 8. The molecule has 18 heavy (non-hydrogen) atoms. The first-order chi connectivity index (χ1) is 8.76. The lowest BCUT2D eigenvalue weighted by Gasteiger charge is -2.25. The highest BCUT2D eigenvalue weighted by atomic mass is 15.3. The highest BCUT2D eigenvalue weighted by Gasteiger charge is 2.33. The maximum atomic E-state index is 4.41. The Morgan fingerprint density at radius 1 is 1.44 bits per heavy atom. The fourth-order valence-electron chi connectivity index (χ4n) is 2.63. The number of nitrogens with one attached hydrogen (secondary N) is 1. The van der Waals surface area contributed by atoms with E-state index < -0.39 is 0 Å². The smallest absolute Gasteiger partial charge is 0.138 e. The van der Waals surface area contributed by atoms with Crippen molar-refractivity contribution >= 4 is 0 Å². The van der Waals surface area contributed by atoms with Gasteiger partial charge in [-0.3, -0.25) is 4.68 Å². The molecule has 1 heterocycles. The first-order valence-electron chi connectivity index (χ1n) is 7.36. The average molecular weight is 250 g/mol. The van der Waals surface area contributed by atoms with Crippen LogP contribution in [0.1, 0.15) is 45.9 Å². The second-order valence-corrected chi connectivity index (χ2v) is 5.45. The predicted octanol–water partition coefficient (Wildman–Crippen LogP) is 2.25. The Balaban J connectivity index is 1.99. The lowest BCUT2D eigenvalue weighted by Crippen LogP contribution is -2.39. The normalized spacial score (nSPS) is 18.8. The summed E-state index contributed by atoms with van der Waals surface area (Å²) in [5.41, 5.74) is 0. The van der Waals surface area contributed by atoms with Crippen molar-refractivity contribution in [1.82, 2.24) is 20.1 Å². The molecule has 0 aromatic carbocycles. The van der Waals surface area contributed by atoms with Crippen molar-refractivity contribution < 1.29 is 0 Å². The summed E-state index contributed by atoms with van der Waals surface area (Å²) in [6.07, 6.45) is 6.69. The zero-order valence-electron chi connectivity index (χ0n) is 11.9. The van der Waals surface area contributed by atoms with E-state index in [1.165, 1.54) is 19.3 Å². The zero-order valence-corrected chi connectivity index (χ0v) is 11.9. The molecule has 0 amide bonds. The Kier molecular flexibility index (Phi) is 4.75. The summed E-state index contributed by atoms with van der Waals surface area (Å²) in [4.78, 5) is 4.41. The second kappa shape index (κ2) is 6.32. The summed E-state index contributed by atoms with van der Waals surface area (Å²) < 4.78 is 2.01. The van der Waals surface area contributed by atoms with E-state index in [9.17, 15) is 0 Å². The van der Waals surface area contributed by atoms with Gasteiger partial charge in [0.05, 0.1) is 0 Å². The molecule has 102 valence electrons. The van der Waals surface area contributed by atoms with E-state index in [0.29, 0.717) is 6.04 Å². The van der Waals surface area contributed by atoms with E-state index in [0.717, 1.165) is 37.2 Å². The van der Waals surface area contributed by atoms with Gasteiger partial charge in [-0.25, -0.2) is 4.98 Å². The maximum Gasteiger partial charge on any atom is 0.138 e. The van der Waals surface area contributed by atoms with E-state index in [-0.39, 0.29) is 0 Å². The number of nitrogens with zero attached hydrogens (tertiary/aromatic N) is 3. The summed E-state index contributed by atoms with van der Waals surface area (Å²) in [5, 5.41) is 7.96. The molecule has 1 fully saturated rings. The van der Waals surface area contributed by atoms with Crippen LogP contribution in [0.5, 0.6) is 0 Å². The molecule has 1 aliphatic rings. The lowest BCUT2D eigenvalue weighted by molar-refractivity contribution is 0.331. The van der Waals surface area contributed by atoms with Gasteiger partial charge in [-0.2, -0.15) is 5.10 Å².